The van der Waals surface area contributed by atoms with Crippen LogP contribution in [0.4, 0.5) is 0 Å². The lowest BCUT2D eigenvalue weighted by molar-refractivity contribution is -0.346. The Morgan fingerprint density at radius 2 is 1.60 bits per heavy atom. The van der Waals surface area contributed by atoms with Gasteiger partial charge in [0.05, 0.1) is 30.5 Å². The summed E-state index contributed by atoms with van der Waals surface area (Å²) in [6.07, 6.45) is -0.603. The average molecular weight is 639 g/mol. The van der Waals surface area contributed by atoms with E-state index >= 15 is 0 Å². The number of rotatable bonds is 7. The summed E-state index contributed by atoms with van der Waals surface area (Å²) < 4.78 is 12.6. The Bertz CT molecular complexity index is 1100. The van der Waals surface area contributed by atoms with Gasteiger partial charge in [0.25, 0.3) is 0 Å². The average Bonchev–Trinajstić information content (AvgIpc) is 3.33. The van der Waals surface area contributed by atoms with Gasteiger partial charge in [0.2, 0.25) is 0 Å². The standard InChI is InChI=1S/C36H62O9/c1-19(2)10-9-13-36(8,43)20-11-15-34(6)26(20)21(38)16-24-33(5)14-12-25(39)32(3,4)30(33)22(17-35(24,34)7)44-31-29(42)28(41)27(40)23(18-37)45-31/h10,20-31,37-43H,9,11-18H2,1-8H3/t20-,21+,22-,23+,24+,25-,26-,27+,28-,29+,30-,31?,33+,34+,35+,36+/m0/s1. The second-order valence-corrected chi connectivity index (χ2v) is 17.5. The molecule has 16 atom stereocenters. The zero-order valence-electron chi connectivity index (χ0n) is 28.8. The zero-order chi connectivity index (χ0) is 33.5. The summed E-state index contributed by atoms with van der Waals surface area (Å²) in [5.41, 5.74) is -1.21. The highest BCUT2D eigenvalue weighted by Crippen LogP contribution is 2.76. The third-order valence-corrected chi connectivity index (χ3v) is 14.4. The van der Waals surface area contributed by atoms with Crippen LogP contribution < -0.4 is 0 Å². The van der Waals surface area contributed by atoms with Crippen molar-refractivity contribution in [2.24, 2.45) is 45.3 Å². The molecule has 45 heavy (non-hydrogen) atoms. The summed E-state index contributed by atoms with van der Waals surface area (Å²) in [5, 5.41) is 77.2. The van der Waals surface area contributed by atoms with E-state index in [1.807, 2.05) is 6.92 Å². The fraction of sp³-hybridized carbons (Fsp3) is 0.944. The zero-order valence-corrected chi connectivity index (χ0v) is 28.8. The molecular weight excluding hydrogens is 576 g/mol. The number of allylic oxidation sites excluding steroid dienone is 2. The molecule has 0 amide bonds. The van der Waals surface area contributed by atoms with E-state index in [2.05, 4.69) is 54.5 Å². The second kappa shape index (κ2) is 12.1. The van der Waals surface area contributed by atoms with Crippen molar-refractivity contribution in [2.75, 3.05) is 6.61 Å². The Balaban J connectivity index is 1.54. The van der Waals surface area contributed by atoms with Gasteiger partial charge in [-0.25, -0.2) is 0 Å². The fourth-order valence-electron chi connectivity index (χ4n) is 11.9. The van der Waals surface area contributed by atoms with Crippen molar-refractivity contribution in [3.8, 4) is 0 Å². The summed E-state index contributed by atoms with van der Waals surface area (Å²) >= 11 is 0. The third-order valence-electron chi connectivity index (χ3n) is 14.4. The van der Waals surface area contributed by atoms with Crippen molar-refractivity contribution in [1.82, 2.24) is 0 Å². The van der Waals surface area contributed by atoms with Gasteiger partial charge in [-0.05, 0) is 117 Å². The molecule has 0 aromatic rings. The molecule has 4 saturated carbocycles. The van der Waals surface area contributed by atoms with Crippen LogP contribution in [0.2, 0.25) is 0 Å². The van der Waals surface area contributed by atoms with Crippen LogP contribution >= 0.6 is 0 Å². The maximum atomic E-state index is 12.1. The van der Waals surface area contributed by atoms with Crippen LogP contribution in [0, 0.1) is 45.3 Å². The number of aliphatic hydroxyl groups excluding tert-OH is 6. The summed E-state index contributed by atoms with van der Waals surface area (Å²) in [6, 6.07) is 0. The molecule has 9 nitrogen and oxygen atoms in total. The SMILES string of the molecule is CC(C)=CCC[C@@](C)(O)[C@H]1CC[C@]2(C)[C@@H]1[C@H](O)C[C@@H]1[C@@]3(C)CC[C@H](O)C(C)(C)[C@@H]3[C@@H](OC3O[C@H](CO)[C@@H](O)[C@H](O)[C@H]3O)C[C@]12C. The molecule has 1 unspecified atom stereocenters. The molecule has 1 heterocycles. The van der Waals surface area contributed by atoms with Crippen LogP contribution in [0.25, 0.3) is 0 Å². The topological polar surface area (TPSA) is 160 Å². The Kier molecular flexibility index (Phi) is 9.56. The van der Waals surface area contributed by atoms with Gasteiger partial charge in [0.1, 0.15) is 24.4 Å². The molecule has 7 N–H and O–H groups in total. The van der Waals surface area contributed by atoms with Crippen molar-refractivity contribution in [3.05, 3.63) is 11.6 Å². The highest BCUT2D eigenvalue weighted by atomic mass is 16.7. The Morgan fingerprint density at radius 3 is 2.22 bits per heavy atom. The lowest BCUT2D eigenvalue weighted by atomic mass is 9.34. The molecule has 0 radical (unpaired) electrons. The molecule has 0 bridgehead atoms. The summed E-state index contributed by atoms with van der Waals surface area (Å²) in [7, 11) is 0. The van der Waals surface area contributed by atoms with Crippen LogP contribution in [-0.4, -0.2) is 97.0 Å². The van der Waals surface area contributed by atoms with E-state index in [-0.39, 0.29) is 39.9 Å². The first kappa shape index (κ1) is 35.7. The quantitative estimate of drug-likeness (QED) is 0.164. The predicted octanol–water partition coefficient (Wildman–Crippen LogP) is 3.30. The van der Waals surface area contributed by atoms with E-state index in [0.717, 1.165) is 25.7 Å². The van der Waals surface area contributed by atoms with Crippen molar-refractivity contribution in [3.63, 3.8) is 0 Å². The van der Waals surface area contributed by atoms with E-state index in [1.165, 1.54) is 5.57 Å². The van der Waals surface area contributed by atoms with Crippen molar-refractivity contribution in [1.29, 1.82) is 0 Å². The molecule has 0 spiro atoms. The van der Waals surface area contributed by atoms with E-state index < -0.39 is 66.6 Å². The Morgan fingerprint density at radius 1 is 0.933 bits per heavy atom. The lowest BCUT2D eigenvalue weighted by Crippen LogP contribution is -2.71. The minimum Gasteiger partial charge on any atom is -0.394 e. The van der Waals surface area contributed by atoms with Gasteiger partial charge in [-0.1, -0.05) is 46.3 Å². The number of fused-ring (bicyclic) bond motifs is 5. The summed E-state index contributed by atoms with van der Waals surface area (Å²) in [5.74, 6) is -0.186. The minimum atomic E-state index is -1.54. The van der Waals surface area contributed by atoms with Crippen LogP contribution in [0.3, 0.4) is 0 Å². The monoisotopic (exact) mass is 638 g/mol. The van der Waals surface area contributed by atoms with Crippen LogP contribution in [0.15, 0.2) is 11.6 Å². The summed E-state index contributed by atoms with van der Waals surface area (Å²) in [6.45, 7) is 16.6. The molecule has 260 valence electrons. The first-order valence-corrected chi connectivity index (χ1v) is 17.4. The van der Waals surface area contributed by atoms with Crippen LogP contribution in [-0.2, 0) is 9.47 Å². The van der Waals surface area contributed by atoms with E-state index in [1.54, 1.807) is 0 Å². The lowest BCUT2D eigenvalue weighted by Gasteiger charge is -2.72. The van der Waals surface area contributed by atoms with Gasteiger partial charge in [0.15, 0.2) is 6.29 Å². The smallest absolute Gasteiger partial charge is 0.186 e. The van der Waals surface area contributed by atoms with Gasteiger partial charge in [-0.15, -0.1) is 0 Å². The molecule has 1 aliphatic heterocycles. The van der Waals surface area contributed by atoms with Gasteiger partial charge >= 0.3 is 0 Å². The van der Waals surface area contributed by atoms with Crippen molar-refractivity contribution >= 4 is 0 Å². The molecule has 9 heteroatoms. The fourth-order valence-corrected chi connectivity index (χ4v) is 11.9. The van der Waals surface area contributed by atoms with Crippen LogP contribution in [0.1, 0.15) is 107 Å². The van der Waals surface area contributed by atoms with Crippen molar-refractivity contribution < 1.29 is 45.2 Å². The molecule has 5 fully saturated rings. The third kappa shape index (κ3) is 5.48. The summed E-state index contributed by atoms with van der Waals surface area (Å²) in [4.78, 5) is 0. The number of hydrogen-bond donors (Lipinski definition) is 7. The molecule has 5 aliphatic rings. The second-order valence-electron chi connectivity index (χ2n) is 17.5. The maximum absolute atomic E-state index is 12.1. The van der Waals surface area contributed by atoms with Gasteiger partial charge < -0.3 is 45.2 Å². The van der Waals surface area contributed by atoms with Gasteiger partial charge in [-0.3, -0.25) is 0 Å². The van der Waals surface area contributed by atoms with E-state index in [9.17, 15) is 35.7 Å². The molecule has 5 rings (SSSR count). The molecule has 0 aromatic carbocycles. The molecule has 4 aliphatic carbocycles. The Hall–Kier alpha value is -0.620. The highest BCUT2D eigenvalue weighted by molar-refractivity contribution is 5.22. The van der Waals surface area contributed by atoms with Gasteiger partial charge in [-0.2, -0.15) is 0 Å². The number of aliphatic hydroxyl groups is 7. The molecular formula is C36H62O9. The Labute approximate surface area is 270 Å². The largest absolute Gasteiger partial charge is 0.394 e. The molecule has 1 saturated heterocycles. The minimum absolute atomic E-state index is 0.0548. The van der Waals surface area contributed by atoms with Gasteiger partial charge in [0, 0.05) is 0 Å². The first-order chi connectivity index (χ1) is 20.8. The normalized spacial score (nSPS) is 52.2. The van der Waals surface area contributed by atoms with E-state index in [0.29, 0.717) is 25.7 Å². The number of ether oxygens (including phenoxy) is 2. The highest BCUT2D eigenvalue weighted by Gasteiger charge is 2.73. The van der Waals surface area contributed by atoms with Crippen LogP contribution in [0.5, 0.6) is 0 Å². The maximum Gasteiger partial charge on any atom is 0.186 e. The predicted molar refractivity (Wildman–Crippen MR) is 170 cm³/mol. The molecule has 0 aromatic heterocycles. The number of hydrogen-bond acceptors (Lipinski definition) is 9. The first-order valence-electron chi connectivity index (χ1n) is 17.4. The van der Waals surface area contributed by atoms with Crippen molar-refractivity contribution in [2.45, 2.75) is 161 Å². The van der Waals surface area contributed by atoms with E-state index in [4.69, 9.17) is 9.47 Å².